The summed E-state index contributed by atoms with van der Waals surface area (Å²) in [4.78, 5) is 18.0. The molecular formula is C15H16FN3O. The van der Waals surface area contributed by atoms with Crippen LogP contribution in [0.4, 0.5) is 10.1 Å². The zero-order valence-corrected chi connectivity index (χ0v) is 11.2. The van der Waals surface area contributed by atoms with Crippen molar-refractivity contribution < 1.29 is 9.18 Å². The summed E-state index contributed by atoms with van der Waals surface area (Å²) in [7, 11) is 0. The van der Waals surface area contributed by atoms with Crippen LogP contribution in [0.25, 0.3) is 0 Å². The van der Waals surface area contributed by atoms with Gasteiger partial charge in [-0.2, -0.15) is 0 Å². The van der Waals surface area contributed by atoms with Gasteiger partial charge in [0, 0.05) is 31.2 Å². The Morgan fingerprint density at radius 3 is 2.65 bits per heavy atom. The second-order valence-corrected chi connectivity index (χ2v) is 4.41. The summed E-state index contributed by atoms with van der Waals surface area (Å²) >= 11 is 0. The third-order valence-electron chi connectivity index (χ3n) is 3.04. The van der Waals surface area contributed by atoms with Crippen molar-refractivity contribution in [1.29, 1.82) is 0 Å². The van der Waals surface area contributed by atoms with E-state index >= 15 is 0 Å². The number of rotatable bonds is 4. The molecule has 0 fully saturated rings. The van der Waals surface area contributed by atoms with Crippen LogP contribution in [-0.4, -0.2) is 22.3 Å². The highest BCUT2D eigenvalue weighted by Crippen LogP contribution is 2.17. The van der Waals surface area contributed by atoms with Crippen molar-refractivity contribution in [2.24, 2.45) is 0 Å². The highest BCUT2D eigenvalue weighted by atomic mass is 19.1. The summed E-state index contributed by atoms with van der Waals surface area (Å²) in [5, 5.41) is 0. The number of pyridine rings is 1. The molecule has 0 atom stereocenters. The Bertz CT molecular complexity index is 601. The molecule has 0 saturated heterocycles. The average molecular weight is 273 g/mol. The molecule has 0 aliphatic heterocycles. The van der Waals surface area contributed by atoms with E-state index in [1.807, 2.05) is 19.1 Å². The Hall–Kier alpha value is -2.43. The van der Waals surface area contributed by atoms with Crippen molar-refractivity contribution >= 4 is 11.6 Å². The molecule has 1 aromatic carbocycles. The minimum absolute atomic E-state index is 0.195. The number of hydrogen-bond acceptors (Lipinski definition) is 3. The van der Waals surface area contributed by atoms with Gasteiger partial charge >= 0.3 is 0 Å². The van der Waals surface area contributed by atoms with Crippen molar-refractivity contribution in [3.05, 3.63) is 59.7 Å². The Labute approximate surface area is 117 Å². The minimum Gasteiger partial charge on any atom is -0.398 e. The van der Waals surface area contributed by atoms with Crippen LogP contribution < -0.4 is 5.73 Å². The summed E-state index contributed by atoms with van der Waals surface area (Å²) in [6.07, 6.45) is 3.34. The zero-order valence-electron chi connectivity index (χ0n) is 11.2. The maximum absolute atomic E-state index is 13.3. The third kappa shape index (κ3) is 3.12. The monoisotopic (exact) mass is 273 g/mol. The van der Waals surface area contributed by atoms with E-state index in [-0.39, 0.29) is 17.2 Å². The van der Waals surface area contributed by atoms with Crippen molar-refractivity contribution in [3.63, 3.8) is 0 Å². The molecule has 20 heavy (non-hydrogen) atoms. The lowest BCUT2D eigenvalue weighted by Gasteiger charge is -2.21. The number of hydrogen-bond donors (Lipinski definition) is 1. The summed E-state index contributed by atoms with van der Waals surface area (Å²) in [6, 6.07) is 7.50. The van der Waals surface area contributed by atoms with Gasteiger partial charge in [0.25, 0.3) is 5.91 Å². The SMILES string of the molecule is CCN(Cc1ccncc1)C(=O)c1cc(F)ccc1N. The predicted octanol–water partition coefficient (Wildman–Crippen LogP) is 2.47. The molecule has 0 saturated carbocycles. The first-order valence-electron chi connectivity index (χ1n) is 6.35. The van der Waals surface area contributed by atoms with Crippen LogP contribution in [0.3, 0.4) is 0 Å². The molecule has 0 bridgehead atoms. The van der Waals surface area contributed by atoms with E-state index in [4.69, 9.17) is 5.73 Å². The van der Waals surface area contributed by atoms with Crippen LogP contribution in [0.2, 0.25) is 0 Å². The van der Waals surface area contributed by atoms with Gasteiger partial charge in [-0.3, -0.25) is 9.78 Å². The Kier molecular flexibility index (Phi) is 4.30. The molecule has 1 heterocycles. The smallest absolute Gasteiger partial charge is 0.256 e. The largest absolute Gasteiger partial charge is 0.398 e. The summed E-state index contributed by atoms with van der Waals surface area (Å²) in [6.45, 7) is 2.82. The summed E-state index contributed by atoms with van der Waals surface area (Å²) < 4.78 is 13.3. The van der Waals surface area contributed by atoms with E-state index in [1.54, 1.807) is 17.3 Å². The van der Waals surface area contributed by atoms with E-state index in [0.717, 1.165) is 5.56 Å². The molecule has 0 aliphatic rings. The van der Waals surface area contributed by atoms with Crippen LogP contribution in [0.1, 0.15) is 22.8 Å². The highest BCUT2D eigenvalue weighted by molar-refractivity contribution is 5.99. The van der Waals surface area contributed by atoms with Gasteiger partial charge in [-0.15, -0.1) is 0 Å². The molecule has 0 unspecified atom stereocenters. The fourth-order valence-corrected chi connectivity index (χ4v) is 1.92. The number of nitrogen functional groups attached to an aromatic ring is 1. The average Bonchev–Trinajstić information content (AvgIpc) is 2.47. The van der Waals surface area contributed by atoms with Gasteiger partial charge in [-0.25, -0.2) is 4.39 Å². The lowest BCUT2D eigenvalue weighted by Crippen LogP contribution is -2.31. The Morgan fingerprint density at radius 1 is 1.30 bits per heavy atom. The van der Waals surface area contributed by atoms with Crippen LogP contribution in [-0.2, 0) is 6.54 Å². The highest BCUT2D eigenvalue weighted by Gasteiger charge is 2.17. The third-order valence-corrected chi connectivity index (χ3v) is 3.04. The number of nitrogens with zero attached hydrogens (tertiary/aromatic N) is 2. The lowest BCUT2D eigenvalue weighted by molar-refractivity contribution is 0.0753. The topological polar surface area (TPSA) is 59.2 Å². The number of amides is 1. The molecule has 5 heteroatoms. The van der Waals surface area contributed by atoms with Crippen LogP contribution in [0.15, 0.2) is 42.7 Å². The molecule has 0 radical (unpaired) electrons. The van der Waals surface area contributed by atoms with Gasteiger partial charge in [-0.1, -0.05) is 0 Å². The number of aromatic nitrogens is 1. The summed E-state index contributed by atoms with van der Waals surface area (Å²) in [5.74, 6) is -0.746. The van der Waals surface area contributed by atoms with E-state index < -0.39 is 5.82 Å². The Balaban J connectivity index is 2.23. The molecule has 1 amide bonds. The van der Waals surface area contributed by atoms with Crippen LogP contribution in [0, 0.1) is 5.82 Å². The van der Waals surface area contributed by atoms with E-state index in [2.05, 4.69) is 4.98 Å². The molecule has 104 valence electrons. The molecular weight excluding hydrogens is 257 g/mol. The van der Waals surface area contributed by atoms with Crippen LogP contribution in [0.5, 0.6) is 0 Å². The van der Waals surface area contributed by atoms with Crippen molar-refractivity contribution in [3.8, 4) is 0 Å². The molecule has 4 nitrogen and oxygen atoms in total. The maximum atomic E-state index is 13.3. The molecule has 0 aliphatic carbocycles. The number of carbonyl (C=O) groups is 1. The molecule has 2 aromatic rings. The van der Waals surface area contributed by atoms with Crippen molar-refractivity contribution in [2.45, 2.75) is 13.5 Å². The number of halogens is 1. The quantitative estimate of drug-likeness (QED) is 0.870. The van der Waals surface area contributed by atoms with Gasteiger partial charge < -0.3 is 10.6 Å². The normalized spacial score (nSPS) is 10.3. The molecule has 1 aromatic heterocycles. The van der Waals surface area contributed by atoms with E-state index in [9.17, 15) is 9.18 Å². The maximum Gasteiger partial charge on any atom is 0.256 e. The van der Waals surface area contributed by atoms with Gasteiger partial charge in [-0.05, 0) is 42.8 Å². The minimum atomic E-state index is -0.470. The number of anilines is 1. The first kappa shape index (κ1) is 14.0. The fraction of sp³-hybridized carbons (Fsp3) is 0.200. The summed E-state index contributed by atoms with van der Waals surface area (Å²) in [5.41, 5.74) is 7.19. The zero-order chi connectivity index (χ0) is 14.5. The number of carbonyl (C=O) groups excluding carboxylic acids is 1. The molecule has 2 N–H and O–H groups in total. The predicted molar refractivity (Wildman–Crippen MR) is 75.5 cm³/mol. The number of nitrogens with two attached hydrogens (primary N) is 1. The van der Waals surface area contributed by atoms with Gasteiger partial charge in [0.15, 0.2) is 0 Å². The fourth-order valence-electron chi connectivity index (χ4n) is 1.92. The standard InChI is InChI=1S/C15H16FN3O/c1-2-19(10-11-5-7-18-8-6-11)15(20)13-9-12(16)3-4-14(13)17/h3-9H,2,10,17H2,1H3. The number of benzene rings is 1. The van der Waals surface area contributed by atoms with Gasteiger partial charge in [0.2, 0.25) is 0 Å². The van der Waals surface area contributed by atoms with Gasteiger partial charge in [0.05, 0.1) is 5.56 Å². The first-order valence-corrected chi connectivity index (χ1v) is 6.35. The lowest BCUT2D eigenvalue weighted by atomic mass is 10.1. The second kappa shape index (κ2) is 6.14. The second-order valence-electron chi connectivity index (χ2n) is 4.41. The van der Waals surface area contributed by atoms with Gasteiger partial charge in [0.1, 0.15) is 5.82 Å². The van der Waals surface area contributed by atoms with E-state index in [0.29, 0.717) is 13.1 Å². The van der Waals surface area contributed by atoms with Crippen molar-refractivity contribution in [2.75, 3.05) is 12.3 Å². The Morgan fingerprint density at radius 2 is 2.00 bits per heavy atom. The van der Waals surface area contributed by atoms with Crippen molar-refractivity contribution in [1.82, 2.24) is 9.88 Å². The van der Waals surface area contributed by atoms with Crippen LogP contribution >= 0.6 is 0 Å². The van der Waals surface area contributed by atoms with E-state index in [1.165, 1.54) is 18.2 Å². The molecule has 0 spiro atoms. The first-order chi connectivity index (χ1) is 9.61. The molecule has 2 rings (SSSR count).